The summed E-state index contributed by atoms with van der Waals surface area (Å²) in [4.78, 5) is 25.8. The summed E-state index contributed by atoms with van der Waals surface area (Å²) in [6.07, 6.45) is 0.837. The topological polar surface area (TPSA) is 112 Å². The molecule has 0 saturated carbocycles. The summed E-state index contributed by atoms with van der Waals surface area (Å²) in [6, 6.07) is 4.70. The Labute approximate surface area is 118 Å². The number of aromatic nitrogens is 2. The molecule has 2 aromatic rings. The molecule has 0 unspecified atom stereocenters. The minimum Gasteiger partial charge on any atom is -0.313 e. The van der Waals surface area contributed by atoms with E-state index in [0.29, 0.717) is 10.6 Å². The number of hydrogen-bond donors (Lipinski definition) is 3. The van der Waals surface area contributed by atoms with Crippen molar-refractivity contribution in [2.75, 3.05) is 4.72 Å². The summed E-state index contributed by atoms with van der Waals surface area (Å²) in [5, 5.41) is 0.389. The molecular formula is C11H10ClN3O4S. The molecule has 1 aromatic heterocycles. The summed E-state index contributed by atoms with van der Waals surface area (Å²) in [7, 11) is -4.12. The quantitative estimate of drug-likeness (QED) is 0.778. The summed E-state index contributed by atoms with van der Waals surface area (Å²) in [5.41, 5.74) is -1.00. The van der Waals surface area contributed by atoms with Gasteiger partial charge in [0.15, 0.2) is 4.90 Å². The van der Waals surface area contributed by atoms with E-state index in [9.17, 15) is 18.0 Å². The van der Waals surface area contributed by atoms with E-state index in [4.69, 9.17) is 11.6 Å². The Morgan fingerprint density at radius 2 is 1.95 bits per heavy atom. The first-order valence-corrected chi connectivity index (χ1v) is 7.27. The number of benzene rings is 1. The molecule has 20 heavy (non-hydrogen) atoms. The highest BCUT2D eigenvalue weighted by molar-refractivity contribution is 7.92. The number of rotatable bonds is 3. The molecule has 0 aliphatic rings. The molecule has 0 aliphatic carbocycles. The zero-order chi connectivity index (χ0) is 14.9. The van der Waals surface area contributed by atoms with Crippen molar-refractivity contribution >= 4 is 27.3 Å². The van der Waals surface area contributed by atoms with Crippen LogP contribution in [0.25, 0.3) is 0 Å². The fraction of sp³-hybridized carbons (Fsp3) is 0.0909. The highest BCUT2D eigenvalue weighted by Gasteiger charge is 2.20. The third-order valence-corrected chi connectivity index (χ3v) is 4.37. The average Bonchev–Trinajstić information content (AvgIpc) is 2.34. The highest BCUT2D eigenvalue weighted by atomic mass is 35.5. The van der Waals surface area contributed by atoms with E-state index in [1.807, 2.05) is 4.98 Å². The van der Waals surface area contributed by atoms with Crippen LogP contribution in [0, 0.1) is 6.92 Å². The third kappa shape index (κ3) is 2.75. The second kappa shape index (κ2) is 5.14. The van der Waals surface area contributed by atoms with E-state index in [0.717, 1.165) is 6.20 Å². The van der Waals surface area contributed by atoms with Crippen molar-refractivity contribution in [2.24, 2.45) is 0 Å². The lowest BCUT2D eigenvalue weighted by Crippen LogP contribution is -2.29. The molecule has 7 nitrogen and oxygen atoms in total. The monoisotopic (exact) mass is 315 g/mol. The molecule has 3 N–H and O–H groups in total. The normalized spacial score (nSPS) is 11.3. The average molecular weight is 316 g/mol. The fourth-order valence-electron chi connectivity index (χ4n) is 1.51. The van der Waals surface area contributed by atoms with Gasteiger partial charge in [0.05, 0.1) is 5.69 Å². The Bertz CT molecular complexity index is 870. The second-order valence-electron chi connectivity index (χ2n) is 3.95. The Balaban J connectivity index is 2.49. The van der Waals surface area contributed by atoms with Gasteiger partial charge in [0.2, 0.25) is 0 Å². The van der Waals surface area contributed by atoms with Gasteiger partial charge in [-0.15, -0.1) is 0 Å². The minimum atomic E-state index is -4.12. The van der Waals surface area contributed by atoms with Crippen LogP contribution in [0.4, 0.5) is 5.69 Å². The maximum Gasteiger partial charge on any atom is 0.325 e. The lowest BCUT2D eigenvalue weighted by atomic mass is 10.2. The van der Waals surface area contributed by atoms with Gasteiger partial charge < -0.3 is 4.98 Å². The molecule has 0 aliphatic heterocycles. The number of H-pyrrole nitrogens is 2. The largest absolute Gasteiger partial charge is 0.325 e. The minimum absolute atomic E-state index is 0.253. The molecule has 0 spiro atoms. The van der Waals surface area contributed by atoms with E-state index in [1.54, 1.807) is 19.1 Å². The summed E-state index contributed by atoms with van der Waals surface area (Å²) in [5.74, 6) is 0. The number of hydrogen-bond acceptors (Lipinski definition) is 4. The zero-order valence-electron chi connectivity index (χ0n) is 10.2. The van der Waals surface area contributed by atoms with Crippen molar-refractivity contribution in [2.45, 2.75) is 11.8 Å². The Kier molecular flexibility index (Phi) is 3.69. The first-order valence-electron chi connectivity index (χ1n) is 5.41. The highest BCUT2D eigenvalue weighted by Crippen LogP contribution is 2.24. The molecule has 1 heterocycles. The SMILES string of the molecule is Cc1c(Cl)cccc1NS(=O)(=O)c1c[nH]c(=O)[nH]c1=O. The van der Waals surface area contributed by atoms with Crippen LogP contribution in [0.5, 0.6) is 0 Å². The maximum atomic E-state index is 12.1. The van der Waals surface area contributed by atoms with Crippen molar-refractivity contribution in [1.82, 2.24) is 9.97 Å². The maximum absolute atomic E-state index is 12.1. The lowest BCUT2D eigenvalue weighted by molar-refractivity contribution is 0.599. The third-order valence-electron chi connectivity index (χ3n) is 2.59. The predicted octanol–water partition coefficient (Wildman–Crippen LogP) is 0.826. The molecule has 106 valence electrons. The number of anilines is 1. The molecule has 1 aromatic carbocycles. The second-order valence-corrected chi connectivity index (χ2v) is 6.01. The molecule has 0 atom stereocenters. The Morgan fingerprint density at radius 3 is 2.60 bits per heavy atom. The van der Waals surface area contributed by atoms with Gasteiger partial charge in [0, 0.05) is 11.2 Å². The van der Waals surface area contributed by atoms with Crippen molar-refractivity contribution in [3.8, 4) is 0 Å². The van der Waals surface area contributed by atoms with Gasteiger partial charge in [-0.1, -0.05) is 17.7 Å². The standard InChI is InChI=1S/C11H10ClN3O4S/c1-6-7(12)3-2-4-8(6)15-20(18,19)9-5-13-11(17)14-10(9)16/h2-5,15H,1H3,(H2,13,14,16,17). The predicted molar refractivity (Wildman–Crippen MR) is 74.7 cm³/mol. The van der Waals surface area contributed by atoms with Gasteiger partial charge in [-0.3, -0.25) is 14.5 Å². The van der Waals surface area contributed by atoms with Crippen molar-refractivity contribution < 1.29 is 8.42 Å². The van der Waals surface area contributed by atoms with E-state index in [1.165, 1.54) is 6.07 Å². The summed E-state index contributed by atoms with van der Waals surface area (Å²) < 4.78 is 26.5. The van der Waals surface area contributed by atoms with Crippen LogP contribution in [-0.4, -0.2) is 18.4 Å². The smallest absolute Gasteiger partial charge is 0.313 e. The number of aromatic amines is 2. The van der Waals surface area contributed by atoms with Crippen LogP contribution < -0.4 is 16.0 Å². The zero-order valence-corrected chi connectivity index (χ0v) is 11.8. The van der Waals surface area contributed by atoms with Gasteiger partial charge in [0.25, 0.3) is 15.6 Å². The van der Waals surface area contributed by atoms with Crippen molar-refractivity contribution in [1.29, 1.82) is 0 Å². The van der Waals surface area contributed by atoms with Gasteiger partial charge >= 0.3 is 5.69 Å². The van der Waals surface area contributed by atoms with Gasteiger partial charge in [0.1, 0.15) is 0 Å². The fourth-order valence-corrected chi connectivity index (χ4v) is 2.82. The Morgan fingerprint density at radius 1 is 1.25 bits per heavy atom. The lowest BCUT2D eigenvalue weighted by Gasteiger charge is -2.10. The van der Waals surface area contributed by atoms with Gasteiger partial charge in [-0.2, -0.15) is 0 Å². The van der Waals surface area contributed by atoms with E-state index >= 15 is 0 Å². The number of halogens is 1. The number of nitrogens with one attached hydrogen (secondary N) is 3. The van der Waals surface area contributed by atoms with Crippen LogP contribution in [0.1, 0.15) is 5.56 Å². The first kappa shape index (κ1) is 14.4. The molecule has 0 amide bonds. The van der Waals surface area contributed by atoms with Crippen LogP contribution in [0.3, 0.4) is 0 Å². The van der Waals surface area contributed by atoms with E-state index < -0.39 is 26.2 Å². The molecular weight excluding hydrogens is 306 g/mol. The van der Waals surface area contributed by atoms with Gasteiger partial charge in [-0.05, 0) is 24.6 Å². The number of sulfonamides is 1. The van der Waals surface area contributed by atoms with Crippen LogP contribution in [0.15, 0.2) is 38.9 Å². The molecule has 9 heteroatoms. The van der Waals surface area contributed by atoms with E-state index in [-0.39, 0.29) is 5.69 Å². The van der Waals surface area contributed by atoms with Crippen molar-refractivity contribution in [3.63, 3.8) is 0 Å². The molecule has 0 radical (unpaired) electrons. The Hall–Kier alpha value is -2.06. The van der Waals surface area contributed by atoms with E-state index in [2.05, 4.69) is 9.71 Å². The van der Waals surface area contributed by atoms with Crippen LogP contribution in [-0.2, 0) is 10.0 Å². The molecule has 0 bridgehead atoms. The van der Waals surface area contributed by atoms with Gasteiger partial charge in [-0.25, -0.2) is 13.2 Å². The van der Waals surface area contributed by atoms with Crippen LogP contribution in [0.2, 0.25) is 5.02 Å². The molecule has 0 fully saturated rings. The summed E-state index contributed by atoms with van der Waals surface area (Å²) in [6.45, 7) is 1.64. The van der Waals surface area contributed by atoms with Crippen molar-refractivity contribution in [3.05, 3.63) is 55.8 Å². The summed E-state index contributed by atoms with van der Waals surface area (Å²) >= 11 is 5.89. The first-order chi connectivity index (χ1) is 9.31. The molecule has 0 saturated heterocycles. The molecule has 2 rings (SSSR count). The van der Waals surface area contributed by atoms with Crippen LogP contribution >= 0.6 is 11.6 Å².